The molecule has 2 atom stereocenters. The lowest BCUT2D eigenvalue weighted by Crippen LogP contribution is -2.77. The average Bonchev–Trinajstić information content (AvgIpc) is 3.18. The molecule has 3 fully saturated rings. The molecule has 1 amide bonds. The maximum atomic E-state index is 13.8. The minimum Gasteiger partial charge on any atom is -0.480 e. The molecule has 0 radical (unpaired) electrons. The van der Waals surface area contributed by atoms with Crippen LogP contribution in [0.1, 0.15) is 49.5 Å². The van der Waals surface area contributed by atoms with Gasteiger partial charge < -0.3 is 24.3 Å². The molecular weight excluding hydrogens is 500 g/mol. The highest BCUT2D eigenvalue weighted by Crippen LogP contribution is 2.68. The van der Waals surface area contributed by atoms with Crippen LogP contribution in [0.15, 0.2) is 22.7 Å². The minimum absolute atomic E-state index is 0.0127. The highest BCUT2D eigenvalue weighted by Gasteiger charge is 2.71. The summed E-state index contributed by atoms with van der Waals surface area (Å²) in [6, 6.07) is 2.35. The number of aromatic nitrogens is 1. The van der Waals surface area contributed by atoms with Crippen LogP contribution in [0.4, 0.5) is 17.6 Å². The number of benzene rings is 1. The number of carbonyl (C=O) groups excluding carboxylic acids is 1. The van der Waals surface area contributed by atoms with E-state index < -0.39 is 42.4 Å². The summed E-state index contributed by atoms with van der Waals surface area (Å²) in [4.78, 5) is 16.8. The van der Waals surface area contributed by atoms with E-state index in [1.165, 1.54) is 12.3 Å². The second kappa shape index (κ2) is 8.52. The number of rotatable bonds is 8. The summed E-state index contributed by atoms with van der Waals surface area (Å²) in [5.41, 5.74) is -0.387. The standard InChI is InChI=1S/C22H21ClF4N2O6/c23-12-4-11-14(30)6-16(34-15(11)5-13(12)24)18(31)29-21-8-20(9-21,10-21)17-7-28-19(35-17)32-2-1-3-33-22(25,26)27/h4-5,7,14,16,30H,1-3,6,8-10H2,(H,29,31)/t14-,16-,20?,21?/m1/s1. The summed E-state index contributed by atoms with van der Waals surface area (Å²) in [6.45, 7) is -0.575. The third-order valence-corrected chi connectivity index (χ3v) is 6.91. The lowest BCUT2D eigenvalue weighted by atomic mass is 9.38. The largest absolute Gasteiger partial charge is 0.522 e. The zero-order valence-electron chi connectivity index (χ0n) is 18.2. The monoisotopic (exact) mass is 520 g/mol. The molecule has 8 nitrogen and oxygen atoms in total. The molecule has 4 aliphatic rings. The van der Waals surface area contributed by atoms with Crippen molar-refractivity contribution in [3.05, 3.63) is 40.5 Å². The minimum atomic E-state index is -4.68. The summed E-state index contributed by atoms with van der Waals surface area (Å²) in [7, 11) is 0. The molecule has 0 unspecified atom stereocenters. The van der Waals surface area contributed by atoms with Gasteiger partial charge in [-0.15, -0.1) is 13.2 Å². The molecule has 3 saturated carbocycles. The number of oxazole rings is 1. The van der Waals surface area contributed by atoms with Crippen molar-refractivity contribution in [3.8, 4) is 11.8 Å². The zero-order valence-corrected chi connectivity index (χ0v) is 18.9. The SMILES string of the molecule is O=C(NC12CC(c3cnc(OCCCOC(F)(F)F)o3)(C1)C2)[C@H]1C[C@@H](O)c2cc(Cl)c(F)cc2O1. The number of ether oxygens (including phenoxy) is 3. The average molecular weight is 521 g/mol. The van der Waals surface area contributed by atoms with Crippen LogP contribution in [0, 0.1) is 5.82 Å². The van der Waals surface area contributed by atoms with Crippen molar-refractivity contribution in [3.63, 3.8) is 0 Å². The molecule has 6 rings (SSSR count). The normalized spacial score (nSPS) is 28.9. The van der Waals surface area contributed by atoms with Crippen molar-refractivity contribution in [2.75, 3.05) is 13.2 Å². The first-order chi connectivity index (χ1) is 16.5. The van der Waals surface area contributed by atoms with Gasteiger partial charge in [-0.3, -0.25) is 9.53 Å². The maximum absolute atomic E-state index is 13.8. The van der Waals surface area contributed by atoms with E-state index in [1.807, 2.05) is 0 Å². The summed E-state index contributed by atoms with van der Waals surface area (Å²) in [5, 5.41) is 13.2. The molecule has 2 bridgehead atoms. The molecule has 1 aliphatic heterocycles. The first kappa shape index (κ1) is 24.1. The fourth-order valence-corrected chi connectivity index (χ4v) is 5.27. The smallest absolute Gasteiger partial charge is 0.480 e. The lowest BCUT2D eigenvalue weighted by molar-refractivity contribution is -0.324. The third-order valence-electron chi connectivity index (χ3n) is 6.62. The van der Waals surface area contributed by atoms with Crippen LogP contribution in [0.3, 0.4) is 0 Å². The van der Waals surface area contributed by atoms with Crippen LogP contribution in [0.5, 0.6) is 11.8 Å². The van der Waals surface area contributed by atoms with Crippen LogP contribution < -0.4 is 14.8 Å². The number of carbonyl (C=O) groups is 1. The fraction of sp³-hybridized carbons (Fsp3) is 0.545. The Bertz CT molecular complexity index is 1120. The molecule has 3 aliphatic carbocycles. The molecule has 2 aromatic rings. The highest BCUT2D eigenvalue weighted by atomic mass is 35.5. The number of halogens is 5. The van der Waals surface area contributed by atoms with Gasteiger partial charge in [0, 0.05) is 35.4 Å². The molecule has 13 heteroatoms. The van der Waals surface area contributed by atoms with E-state index in [2.05, 4.69) is 15.0 Å². The van der Waals surface area contributed by atoms with Gasteiger partial charge in [0.2, 0.25) is 0 Å². The van der Waals surface area contributed by atoms with E-state index in [0.717, 1.165) is 6.07 Å². The van der Waals surface area contributed by atoms with Gasteiger partial charge in [0.25, 0.3) is 5.91 Å². The number of nitrogens with zero attached hydrogens (tertiary/aromatic N) is 1. The Morgan fingerprint density at radius 1 is 1.29 bits per heavy atom. The molecule has 0 spiro atoms. The van der Waals surface area contributed by atoms with E-state index in [9.17, 15) is 27.5 Å². The van der Waals surface area contributed by atoms with E-state index >= 15 is 0 Å². The summed E-state index contributed by atoms with van der Waals surface area (Å²) < 4.78 is 69.8. The van der Waals surface area contributed by atoms with Crippen LogP contribution in [-0.2, 0) is 14.9 Å². The molecule has 35 heavy (non-hydrogen) atoms. The number of aliphatic hydroxyl groups excluding tert-OH is 1. The van der Waals surface area contributed by atoms with Gasteiger partial charge in [-0.2, -0.15) is 4.98 Å². The number of fused-ring (bicyclic) bond motifs is 1. The predicted molar refractivity (Wildman–Crippen MR) is 110 cm³/mol. The highest BCUT2D eigenvalue weighted by molar-refractivity contribution is 6.30. The Labute approximate surface area is 201 Å². The third kappa shape index (κ3) is 4.66. The molecular formula is C22H21ClF4N2O6. The summed E-state index contributed by atoms with van der Waals surface area (Å²) in [6.07, 6.45) is -3.34. The fourth-order valence-electron chi connectivity index (χ4n) is 5.10. The Balaban J connectivity index is 1.11. The van der Waals surface area contributed by atoms with E-state index in [0.29, 0.717) is 30.6 Å². The Hall–Kier alpha value is -2.57. The zero-order chi connectivity index (χ0) is 25.0. The van der Waals surface area contributed by atoms with Gasteiger partial charge in [0.15, 0.2) is 6.10 Å². The number of aliphatic hydroxyl groups is 1. The lowest BCUT2D eigenvalue weighted by Gasteiger charge is -2.69. The van der Waals surface area contributed by atoms with E-state index in [4.69, 9.17) is 25.5 Å². The molecule has 190 valence electrons. The van der Waals surface area contributed by atoms with Gasteiger partial charge in [-0.05, 0) is 25.3 Å². The van der Waals surface area contributed by atoms with Crippen molar-refractivity contribution in [1.29, 1.82) is 0 Å². The molecule has 1 aromatic heterocycles. The quantitative estimate of drug-likeness (QED) is 0.401. The number of amides is 1. The van der Waals surface area contributed by atoms with Crippen LogP contribution in [0.25, 0.3) is 0 Å². The van der Waals surface area contributed by atoms with Crippen LogP contribution >= 0.6 is 11.6 Å². The molecule has 2 N–H and O–H groups in total. The Kier molecular flexibility index (Phi) is 5.88. The van der Waals surface area contributed by atoms with Crippen molar-refractivity contribution >= 4 is 17.5 Å². The van der Waals surface area contributed by atoms with Crippen LogP contribution in [-0.4, -0.2) is 47.2 Å². The second-order valence-corrected chi connectivity index (χ2v) is 9.64. The van der Waals surface area contributed by atoms with Crippen molar-refractivity contribution in [1.82, 2.24) is 10.3 Å². The van der Waals surface area contributed by atoms with Crippen LogP contribution in [0.2, 0.25) is 5.02 Å². The summed E-state index contributed by atoms with van der Waals surface area (Å²) in [5.74, 6) is -0.439. The van der Waals surface area contributed by atoms with Gasteiger partial charge in [0.05, 0.1) is 30.5 Å². The molecule has 0 saturated heterocycles. The molecule has 2 heterocycles. The number of nitrogens with one attached hydrogen (secondary N) is 1. The van der Waals surface area contributed by atoms with E-state index in [-0.39, 0.29) is 41.7 Å². The first-order valence-electron chi connectivity index (χ1n) is 10.9. The first-order valence-corrected chi connectivity index (χ1v) is 11.3. The Morgan fingerprint density at radius 2 is 2.03 bits per heavy atom. The van der Waals surface area contributed by atoms with Gasteiger partial charge >= 0.3 is 12.4 Å². The number of alkyl halides is 3. The number of hydrogen-bond acceptors (Lipinski definition) is 7. The van der Waals surface area contributed by atoms with Gasteiger partial charge in [0.1, 0.15) is 17.3 Å². The van der Waals surface area contributed by atoms with Crippen molar-refractivity contribution < 1.29 is 46.1 Å². The summed E-state index contributed by atoms with van der Waals surface area (Å²) >= 11 is 5.76. The van der Waals surface area contributed by atoms with Gasteiger partial charge in [-0.1, -0.05) is 11.6 Å². The van der Waals surface area contributed by atoms with Gasteiger partial charge in [-0.25, -0.2) is 4.39 Å². The van der Waals surface area contributed by atoms with Crippen molar-refractivity contribution in [2.45, 2.75) is 61.6 Å². The topological polar surface area (TPSA) is 103 Å². The number of hydrogen-bond donors (Lipinski definition) is 2. The molecule has 1 aromatic carbocycles. The second-order valence-electron chi connectivity index (χ2n) is 9.23. The van der Waals surface area contributed by atoms with Crippen molar-refractivity contribution in [2.24, 2.45) is 0 Å². The Morgan fingerprint density at radius 3 is 2.74 bits per heavy atom. The maximum Gasteiger partial charge on any atom is 0.522 e. The van der Waals surface area contributed by atoms with E-state index in [1.54, 1.807) is 0 Å². The predicted octanol–water partition coefficient (Wildman–Crippen LogP) is 3.95.